The fraction of sp³-hybridized carbons (Fsp3) is 0.368. The standard InChI is InChI=1S/C19H21FN2O3S/c1-21-11-12-25-19-9-8-16(13-18(19)21)26(23,24)22-10-2-3-17(22)14-4-6-15(20)7-5-14/h4-9,13,17H,2-3,10-12H2,1H3/t17-/m1/s1. The van der Waals surface area contributed by atoms with E-state index in [0.29, 0.717) is 18.9 Å². The molecule has 0 bridgehead atoms. The van der Waals surface area contributed by atoms with Crippen LogP contribution in [-0.4, -0.2) is 39.5 Å². The fourth-order valence-corrected chi connectivity index (χ4v) is 5.38. The Bertz CT molecular complexity index is 915. The number of fused-ring (bicyclic) bond motifs is 1. The number of hydrogen-bond donors (Lipinski definition) is 0. The van der Waals surface area contributed by atoms with E-state index in [0.717, 1.165) is 30.6 Å². The molecule has 138 valence electrons. The molecular formula is C19H21FN2O3S. The van der Waals surface area contributed by atoms with Gasteiger partial charge in [0.2, 0.25) is 10.0 Å². The SMILES string of the molecule is CN1CCOc2ccc(S(=O)(=O)N3CCC[C@@H]3c3ccc(F)cc3)cc21. The van der Waals surface area contributed by atoms with Crippen LogP contribution >= 0.6 is 0 Å². The Morgan fingerprint density at radius 3 is 2.65 bits per heavy atom. The monoisotopic (exact) mass is 376 g/mol. The molecule has 0 unspecified atom stereocenters. The molecule has 0 aliphatic carbocycles. The molecular weight excluding hydrogens is 355 g/mol. The summed E-state index contributed by atoms with van der Waals surface area (Å²) in [6.07, 6.45) is 1.52. The Hall–Kier alpha value is -2.12. The first-order valence-electron chi connectivity index (χ1n) is 8.72. The van der Waals surface area contributed by atoms with Crippen LogP contribution < -0.4 is 9.64 Å². The van der Waals surface area contributed by atoms with Crippen LogP contribution in [-0.2, 0) is 10.0 Å². The smallest absolute Gasteiger partial charge is 0.243 e. The number of anilines is 1. The Balaban J connectivity index is 1.69. The van der Waals surface area contributed by atoms with Crippen molar-refractivity contribution in [2.45, 2.75) is 23.8 Å². The maximum atomic E-state index is 13.3. The average molecular weight is 376 g/mol. The summed E-state index contributed by atoms with van der Waals surface area (Å²) in [5, 5.41) is 0. The molecule has 0 spiro atoms. The van der Waals surface area contributed by atoms with Gasteiger partial charge >= 0.3 is 0 Å². The Labute approximate surface area is 153 Å². The molecule has 1 saturated heterocycles. The third-order valence-electron chi connectivity index (χ3n) is 5.09. The molecule has 2 aliphatic heterocycles. The van der Waals surface area contributed by atoms with Crippen LogP contribution in [0.5, 0.6) is 5.75 Å². The zero-order chi connectivity index (χ0) is 18.3. The Kier molecular flexibility index (Phi) is 4.36. The van der Waals surface area contributed by atoms with Crippen LogP contribution in [0.4, 0.5) is 10.1 Å². The zero-order valence-electron chi connectivity index (χ0n) is 14.6. The summed E-state index contributed by atoms with van der Waals surface area (Å²) >= 11 is 0. The molecule has 4 rings (SSSR count). The Morgan fingerprint density at radius 2 is 1.88 bits per heavy atom. The van der Waals surface area contributed by atoms with E-state index in [1.165, 1.54) is 16.4 Å². The van der Waals surface area contributed by atoms with Crippen molar-refractivity contribution in [1.82, 2.24) is 4.31 Å². The number of sulfonamides is 1. The van der Waals surface area contributed by atoms with Crippen LogP contribution in [0, 0.1) is 5.82 Å². The highest BCUT2D eigenvalue weighted by Crippen LogP contribution is 2.39. The van der Waals surface area contributed by atoms with E-state index >= 15 is 0 Å². The van der Waals surface area contributed by atoms with Gasteiger partial charge in [0.15, 0.2) is 0 Å². The summed E-state index contributed by atoms with van der Waals surface area (Å²) in [4.78, 5) is 2.27. The van der Waals surface area contributed by atoms with Crippen LogP contribution in [0.3, 0.4) is 0 Å². The average Bonchev–Trinajstić information content (AvgIpc) is 3.13. The Morgan fingerprint density at radius 1 is 1.12 bits per heavy atom. The molecule has 2 heterocycles. The third-order valence-corrected chi connectivity index (χ3v) is 7.00. The maximum Gasteiger partial charge on any atom is 0.243 e. The van der Waals surface area contributed by atoms with E-state index < -0.39 is 10.0 Å². The number of likely N-dealkylation sites (N-methyl/N-ethyl adjacent to an activating group) is 1. The summed E-state index contributed by atoms with van der Waals surface area (Å²) in [6, 6.07) is 10.8. The van der Waals surface area contributed by atoms with Gasteiger partial charge in [-0.3, -0.25) is 0 Å². The first kappa shape index (κ1) is 17.3. The minimum atomic E-state index is -3.65. The highest BCUT2D eigenvalue weighted by molar-refractivity contribution is 7.89. The van der Waals surface area contributed by atoms with E-state index in [9.17, 15) is 12.8 Å². The van der Waals surface area contributed by atoms with Crippen molar-refractivity contribution in [2.24, 2.45) is 0 Å². The largest absolute Gasteiger partial charge is 0.490 e. The van der Waals surface area contributed by atoms with Crippen molar-refractivity contribution < 1.29 is 17.5 Å². The van der Waals surface area contributed by atoms with Crippen LogP contribution in [0.25, 0.3) is 0 Å². The molecule has 0 N–H and O–H groups in total. The number of nitrogens with zero attached hydrogens (tertiary/aromatic N) is 2. The van der Waals surface area contributed by atoms with Gasteiger partial charge in [-0.1, -0.05) is 12.1 Å². The minimum Gasteiger partial charge on any atom is -0.490 e. The van der Waals surface area contributed by atoms with Crippen molar-refractivity contribution in [3.63, 3.8) is 0 Å². The van der Waals surface area contributed by atoms with Crippen molar-refractivity contribution in [1.29, 1.82) is 0 Å². The molecule has 0 saturated carbocycles. The van der Waals surface area contributed by atoms with E-state index in [1.54, 1.807) is 30.3 Å². The lowest BCUT2D eigenvalue weighted by molar-refractivity contribution is 0.311. The molecule has 1 atom stereocenters. The first-order chi connectivity index (χ1) is 12.5. The van der Waals surface area contributed by atoms with E-state index in [2.05, 4.69) is 0 Å². The molecule has 1 fully saturated rings. The van der Waals surface area contributed by atoms with Gasteiger partial charge in [0, 0.05) is 13.6 Å². The molecule has 0 radical (unpaired) electrons. The van der Waals surface area contributed by atoms with Gasteiger partial charge in [-0.15, -0.1) is 0 Å². The highest BCUT2D eigenvalue weighted by Gasteiger charge is 2.36. The summed E-state index contributed by atoms with van der Waals surface area (Å²) in [7, 11) is -1.72. The quantitative estimate of drug-likeness (QED) is 0.826. The summed E-state index contributed by atoms with van der Waals surface area (Å²) in [6.45, 7) is 1.78. The third kappa shape index (κ3) is 2.95. The van der Waals surface area contributed by atoms with Gasteiger partial charge < -0.3 is 9.64 Å². The second kappa shape index (κ2) is 6.55. The summed E-state index contributed by atoms with van der Waals surface area (Å²) in [5.74, 6) is 0.382. The summed E-state index contributed by atoms with van der Waals surface area (Å²) < 4.78 is 46.9. The van der Waals surface area contributed by atoms with Gasteiger partial charge in [0.25, 0.3) is 0 Å². The molecule has 5 nitrogen and oxygen atoms in total. The predicted octanol–water partition coefficient (Wildman–Crippen LogP) is 3.18. The normalized spacial score (nSPS) is 20.7. The van der Waals surface area contributed by atoms with Crippen LogP contribution in [0.2, 0.25) is 0 Å². The first-order valence-corrected chi connectivity index (χ1v) is 10.2. The van der Waals surface area contributed by atoms with E-state index in [-0.39, 0.29) is 16.8 Å². The molecule has 26 heavy (non-hydrogen) atoms. The van der Waals surface area contributed by atoms with E-state index in [4.69, 9.17) is 4.74 Å². The highest BCUT2D eigenvalue weighted by atomic mass is 32.2. The molecule has 0 aromatic heterocycles. The van der Waals surface area contributed by atoms with Crippen LogP contribution in [0.15, 0.2) is 47.4 Å². The topological polar surface area (TPSA) is 49.9 Å². The maximum absolute atomic E-state index is 13.3. The number of hydrogen-bond acceptors (Lipinski definition) is 4. The lowest BCUT2D eigenvalue weighted by Gasteiger charge is -2.29. The second-order valence-corrected chi connectivity index (χ2v) is 8.62. The lowest BCUT2D eigenvalue weighted by atomic mass is 10.1. The van der Waals surface area contributed by atoms with Crippen molar-refractivity contribution >= 4 is 15.7 Å². The van der Waals surface area contributed by atoms with Gasteiger partial charge in [-0.2, -0.15) is 4.31 Å². The number of rotatable bonds is 3. The number of ether oxygens (including phenoxy) is 1. The molecule has 0 amide bonds. The van der Waals surface area contributed by atoms with Crippen molar-refractivity contribution in [3.8, 4) is 5.75 Å². The van der Waals surface area contributed by atoms with Crippen molar-refractivity contribution in [3.05, 3.63) is 53.8 Å². The number of benzene rings is 2. The minimum absolute atomic E-state index is 0.259. The van der Waals surface area contributed by atoms with Gasteiger partial charge in [-0.25, -0.2) is 12.8 Å². The lowest BCUT2D eigenvalue weighted by Crippen LogP contribution is -2.32. The van der Waals surface area contributed by atoms with Crippen molar-refractivity contribution in [2.75, 3.05) is 31.6 Å². The molecule has 7 heteroatoms. The molecule has 2 aromatic rings. The van der Waals surface area contributed by atoms with Gasteiger partial charge in [0.1, 0.15) is 18.2 Å². The summed E-state index contributed by atoms with van der Waals surface area (Å²) in [5.41, 5.74) is 1.61. The van der Waals surface area contributed by atoms with Gasteiger partial charge in [-0.05, 0) is 48.7 Å². The van der Waals surface area contributed by atoms with E-state index in [1.807, 2.05) is 11.9 Å². The van der Waals surface area contributed by atoms with Crippen LogP contribution in [0.1, 0.15) is 24.4 Å². The zero-order valence-corrected chi connectivity index (χ0v) is 15.4. The fourth-order valence-electron chi connectivity index (χ4n) is 3.67. The number of halogens is 1. The predicted molar refractivity (Wildman–Crippen MR) is 97.5 cm³/mol. The molecule has 2 aromatic carbocycles. The van der Waals surface area contributed by atoms with Gasteiger partial charge in [0.05, 0.1) is 23.2 Å². The molecule has 2 aliphatic rings. The second-order valence-electron chi connectivity index (χ2n) is 6.72.